The van der Waals surface area contributed by atoms with Gasteiger partial charge in [0.25, 0.3) is 0 Å². The molecule has 4 heteroatoms. The molecule has 1 heterocycles. The fourth-order valence-electron chi connectivity index (χ4n) is 2.53. The number of aromatic nitrogens is 1. The van der Waals surface area contributed by atoms with E-state index in [4.69, 9.17) is 4.98 Å². The third kappa shape index (κ3) is 4.47. The van der Waals surface area contributed by atoms with Crippen molar-refractivity contribution in [1.82, 2.24) is 10.3 Å². The van der Waals surface area contributed by atoms with Crippen LogP contribution in [0.3, 0.4) is 0 Å². The summed E-state index contributed by atoms with van der Waals surface area (Å²) in [5, 5.41) is 5.67. The van der Waals surface area contributed by atoms with E-state index in [-0.39, 0.29) is 0 Å². The number of thiazole rings is 1. The predicted molar refractivity (Wildman–Crippen MR) is 92.0 cm³/mol. The first-order chi connectivity index (χ1) is 9.60. The van der Waals surface area contributed by atoms with Crippen molar-refractivity contribution in [3.05, 3.63) is 15.6 Å². The largest absolute Gasteiger partial charge is 0.314 e. The Bertz CT molecular complexity index is 415. The monoisotopic (exact) mass is 312 g/mol. The zero-order valence-electron chi connectivity index (χ0n) is 13.2. The summed E-state index contributed by atoms with van der Waals surface area (Å²) in [4.78, 5) is 6.54. The summed E-state index contributed by atoms with van der Waals surface area (Å²) in [5.41, 5.74) is 1.41. The van der Waals surface area contributed by atoms with Crippen molar-refractivity contribution < 1.29 is 0 Å². The quantitative estimate of drug-likeness (QED) is 0.797. The summed E-state index contributed by atoms with van der Waals surface area (Å²) >= 11 is 4.01. The van der Waals surface area contributed by atoms with Gasteiger partial charge in [0, 0.05) is 34.4 Å². The van der Waals surface area contributed by atoms with Crippen molar-refractivity contribution in [2.24, 2.45) is 0 Å². The van der Waals surface area contributed by atoms with Gasteiger partial charge in [0.05, 0.1) is 5.69 Å². The molecule has 2 unspecified atom stereocenters. The number of nitrogens with zero attached hydrogens (tertiary/aromatic N) is 1. The van der Waals surface area contributed by atoms with E-state index in [1.165, 1.54) is 36.4 Å². The summed E-state index contributed by atoms with van der Waals surface area (Å²) < 4.78 is 0. The Morgan fingerprint density at radius 1 is 1.40 bits per heavy atom. The van der Waals surface area contributed by atoms with Crippen LogP contribution in [-0.4, -0.2) is 22.8 Å². The Morgan fingerprint density at radius 3 is 2.90 bits per heavy atom. The van der Waals surface area contributed by atoms with Gasteiger partial charge in [0.15, 0.2) is 0 Å². The van der Waals surface area contributed by atoms with Crippen LogP contribution in [0.25, 0.3) is 0 Å². The van der Waals surface area contributed by atoms with Crippen molar-refractivity contribution in [3.63, 3.8) is 0 Å². The molecule has 1 aromatic heterocycles. The summed E-state index contributed by atoms with van der Waals surface area (Å²) in [5.74, 6) is 1.73. The summed E-state index contributed by atoms with van der Waals surface area (Å²) in [6, 6.07) is 0.569. The van der Waals surface area contributed by atoms with E-state index in [1.54, 1.807) is 4.88 Å². The molecular weight excluding hydrogens is 284 g/mol. The maximum absolute atomic E-state index is 4.97. The maximum Gasteiger partial charge on any atom is 0.103 e. The molecule has 20 heavy (non-hydrogen) atoms. The molecule has 1 N–H and O–H groups in total. The molecule has 2 rings (SSSR count). The normalized spacial score (nSPS) is 20.1. The lowest BCUT2D eigenvalue weighted by atomic mass is 9.91. The highest BCUT2D eigenvalue weighted by Crippen LogP contribution is 2.36. The smallest absolute Gasteiger partial charge is 0.103 e. The van der Waals surface area contributed by atoms with E-state index in [2.05, 4.69) is 33.0 Å². The minimum atomic E-state index is 0.569. The number of hydrogen-bond donors (Lipinski definition) is 1. The Kier molecular flexibility index (Phi) is 6.37. The van der Waals surface area contributed by atoms with Crippen LogP contribution in [0.5, 0.6) is 0 Å². The molecule has 0 radical (unpaired) electrons. The van der Waals surface area contributed by atoms with Gasteiger partial charge in [-0.15, -0.1) is 11.3 Å². The standard InChI is InChI=1S/C16H28N2S2/c1-5-12(4)19-10-15-18-16-13(9-17-11(2)3)7-6-8-14(16)20-15/h11-13,17H,5-10H2,1-4H3. The Hall–Kier alpha value is -0.0600. The minimum Gasteiger partial charge on any atom is -0.314 e. The highest BCUT2D eigenvalue weighted by Gasteiger charge is 2.24. The van der Waals surface area contributed by atoms with E-state index in [0.29, 0.717) is 12.0 Å². The van der Waals surface area contributed by atoms with E-state index >= 15 is 0 Å². The number of thioether (sulfide) groups is 1. The number of fused-ring (bicyclic) bond motifs is 1. The second-order valence-electron chi connectivity index (χ2n) is 6.10. The van der Waals surface area contributed by atoms with E-state index in [9.17, 15) is 0 Å². The molecule has 0 saturated carbocycles. The topological polar surface area (TPSA) is 24.9 Å². The van der Waals surface area contributed by atoms with Gasteiger partial charge >= 0.3 is 0 Å². The van der Waals surface area contributed by atoms with Crippen LogP contribution >= 0.6 is 23.1 Å². The van der Waals surface area contributed by atoms with Crippen molar-refractivity contribution in [1.29, 1.82) is 0 Å². The average molecular weight is 313 g/mol. The molecule has 0 saturated heterocycles. The Balaban J connectivity index is 1.98. The van der Waals surface area contributed by atoms with E-state index in [0.717, 1.165) is 17.5 Å². The third-order valence-electron chi connectivity index (χ3n) is 3.95. The molecule has 2 nitrogen and oxygen atoms in total. The molecule has 0 aliphatic heterocycles. The Labute approximate surface area is 132 Å². The SMILES string of the molecule is CCC(C)SCc1nc2c(s1)CCCC2CNC(C)C. The van der Waals surface area contributed by atoms with Crippen LogP contribution in [0.15, 0.2) is 0 Å². The van der Waals surface area contributed by atoms with Crippen LogP contribution in [0.2, 0.25) is 0 Å². The summed E-state index contributed by atoms with van der Waals surface area (Å²) in [6.07, 6.45) is 5.13. The molecule has 0 spiro atoms. The second-order valence-corrected chi connectivity index (χ2v) is 8.69. The van der Waals surface area contributed by atoms with Gasteiger partial charge in [0.1, 0.15) is 5.01 Å². The van der Waals surface area contributed by atoms with Gasteiger partial charge in [-0.1, -0.05) is 27.7 Å². The molecule has 2 atom stereocenters. The number of aryl methyl sites for hydroxylation is 1. The van der Waals surface area contributed by atoms with Gasteiger partial charge in [-0.05, 0) is 25.7 Å². The summed E-state index contributed by atoms with van der Waals surface area (Å²) in [6.45, 7) is 10.1. The van der Waals surface area contributed by atoms with Crippen molar-refractivity contribution in [2.45, 2.75) is 76.3 Å². The molecule has 0 fully saturated rings. The fraction of sp³-hybridized carbons (Fsp3) is 0.812. The zero-order chi connectivity index (χ0) is 14.5. The minimum absolute atomic E-state index is 0.569. The maximum atomic E-state index is 4.97. The van der Waals surface area contributed by atoms with Gasteiger partial charge in [-0.25, -0.2) is 4.98 Å². The van der Waals surface area contributed by atoms with Crippen LogP contribution in [0, 0.1) is 0 Å². The number of rotatable bonds is 7. The lowest BCUT2D eigenvalue weighted by molar-refractivity contribution is 0.474. The lowest BCUT2D eigenvalue weighted by Gasteiger charge is -2.22. The molecule has 114 valence electrons. The highest BCUT2D eigenvalue weighted by atomic mass is 32.2. The van der Waals surface area contributed by atoms with Crippen LogP contribution in [0.4, 0.5) is 0 Å². The van der Waals surface area contributed by atoms with Gasteiger partial charge in [-0.2, -0.15) is 11.8 Å². The first-order valence-electron chi connectivity index (χ1n) is 7.93. The van der Waals surface area contributed by atoms with Gasteiger partial charge < -0.3 is 5.32 Å². The first kappa shape index (κ1) is 16.3. The third-order valence-corrected chi connectivity index (χ3v) is 6.61. The molecule has 1 aliphatic rings. The molecule has 0 amide bonds. The van der Waals surface area contributed by atoms with E-state index in [1.807, 2.05) is 23.1 Å². The summed E-state index contributed by atoms with van der Waals surface area (Å²) in [7, 11) is 0. The predicted octanol–water partition coefficient (Wildman–Crippen LogP) is 4.59. The van der Waals surface area contributed by atoms with Gasteiger partial charge in [0.2, 0.25) is 0 Å². The molecule has 1 aromatic rings. The molecule has 0 bridgehead atoms. The number of hydrogen-bond acceptors (Lipinski definition) is 4. The number of nitrogens with one attached hydrogen (secondary N) is 1. The zero-order valence-corrected chi connectivity index (χ0v) is 14.9. The second kappa shape index (κ2) is 7.81. The van der Waals surface area contributed by atoms with Crippen LogP contribution < -0.4 is 5.32 Å². The van der Waals surface area contributed by atoms with E-state index < -0.39 is 0 Å². The molecular formula is C16H28N2S2. The van der Waals surface area contributed by atoms with Crippen LogP contribution in [0.1, 0.15) is 68.5 Å². The Morgan fingerprint density at radius 2 is 2.20 bits per heavy atom. The average Bonchev–Trinajstić information content (AvgIpc) is 2.85. The highest BCUT2D eigenvalue weighted by molar-refractivity contribution is 7.99. The molecule has 0 aromatic carbocycles. The molecule has 1 aliphatic carbocycles. The fourth-order valence-corrected chi connectivity index (χ4v) is 4.69. The van der Waals surface area contributed by atoms with Crippen molar-refractivity contribution in [2.75, 3.05) is 6.54 Å². The van der Waals surface area contributed by atoms with Crippen LogP contribution in [-0.2, 0) is 12.2 Å². The van der Waals surface area contributed by atoms with Crippen molar-refractivity contribution >= 4 is 23.1 Å². The first-order valence-corrected chi connectivity index (χ1v) is 9.80. The van der Waals surface area contributed by atoms with Crippen molar-refractivity contribution in [3.8, 4) is 0 Å². The van der Waals surface area contributed by atoms with Gasteiger partial charge in [-0.3, -0.25) is 0 Å². The lowest BCUT2D eigenvalue weighted by Crippen LogP contribution is -2.29.